The van der Waals surface area contributed by atoms with E-state index in [1.165, 1.54) is 25.3 Å². The lowest BCUT2D eigenvalue weighted by molar-refractivity contribution is -0.126. The molecule has 3 N–H and O–H groups in total. The van der Waals surface area contributed by atoms with Gasteiger partial charge in [-0.05, 0) is 43.9 Å². The van der Waals surface area contributed by atoms with E-state index in [0.29, 0.717) is 0 Å². The molecule has 0 unspecified atom stereocenters. The second kappa shape index (κ2) is 8.26. The Morgan fingerprint density at radius 3 is 2.37 bits per heavy atom. The number of hydrazine groups is 1. The predicted molar refractivity (Wildman–Crippen MR) is 98.5 cm³/mol. The Labute approximate surface area is 159 Å². The summed E-state index contributed by atoms with van der Waals surface area (Å²) in [6.07, 6.45) is 6.40. The smallest absolute Gasteiger partial charge is 0.269 e. The third-order valence-corrected chi connectivity index (χ3v) is 6.43. The minimum atomic E-state index is -3.79. The summed E-state index contributed by atoms with van der Waals surface area (Å²) in [6, 6.07) is 4.08. The molecule has 0 atom stereocenters. The Kier molecular flexibility index (Phi) is 6.01. The fraction of sp³-hybridized carbons (Fsp3) is 0.556. The lowest BCUT2D eigenvalue weighted by atomic mass is 9.89. The molecule has 9 heteroatoms. The number of methoxy groups -OCH3 is 1. The fourth-order valence-electron chi connectivity index (χ4n) is 3.17. The highest BCUT2D eigenvalue weighted by Crippen LogP contribution is 2.28. The lowest BCUT2D eigenvalue weighted by Gasteiger charge is -2.20. The zero-order chi connectivity index (χ0) is 19.4. The van der Waals surface area contributed by atoms with Gasteiger partial charge in [0.15, 0.2) is 0 Å². The third kappa shape index (κ3) is 4.98. The van der Waals surface area contributed by atoms with Gasteiger partial charge in [0, 0.05) is 17.5 Å². The fourth-order valence-corrected chi connectivity index (χ4v) is 4.67. The summed E-state index contributed by atoms with van der Waals surface area (Å²) in [5.41, 5.74) is 4.94. The van der Waals surface area contributed by atoms with Crippen molar-refractivity contribution in [3.63, 3.8) is 0 Å². The minimum Gasteiger partial charge on any atom is -0.495 e. The molecule has 0 bridgehead atoms. The Bertz CT molecular complexity index is 814. The summed E-state index contributed by atoms with van der Waals surface area (Å²) in [7, 11) is -2.42. The number of benzene rings is 1. The number of carbonyl (C=O) groups is 2. The zero-order valence-electron chi connectivity index (χ0n) is 15.3. The monoisotopic (exact) mass is 395 g/mol. The van der Waals surface area contributed by atoms with E-state index in [2.05, 4.69) is 15.6 Å². The van der Waals surface area contributed by atoms with Gasteiger partial charge < -0.3 is 4.74 Å². The van der Waals surface area contributed by atoms with Crippen LogP contribution in [-0.4, -0.2) is 33.4 Å². The number of amides is 2. The standard InChI is InChI=1S/C18H25N3O5S/c1-26-15-10-7-13(11-16(15)27(24,25)21-14-8-9-14)18(23)20-19-17(22)12-5-3-2-4-6-12/h7,10-12,14,21H,2-6,8-9H2,1H3,(H,19,22)(H,20,23). The van der Waals surface area contributed by atoms with Crippen LogP contribution in [0.3, 0.4) is 0 Å². The molecule has 0 saturated heterocycles. The molecule has 8 nitrogen and oxygen atoms in total. The summed E-state index contributed by atoms with van der Waals surface area (Å²) in [6.45, 7) is 0. The first-order chi connectivity index (χ1) is 12.9. The second-order valence-electron chi connectivity index (χ2n) is 7.04. The van der Waals surface area contributed by atoms with Crippen molar-refractivity contribution >= 4 is 21.8 Å². The van der Waals surface area contributed by atoms with Gasteiger partial charge in [-0.2, -0.15) is 0 Å². The lowest BCUT2D eigenvalue weighted by Crippen LogP contribution is -2.45. The van der Waals surface area contributed by atoms with E-state index in [4.69, 9.17) is 4.74 Å². The summed E-state index contributed by atoms with van der Waals surface area (Å²) < 4.78 is 32.7. The molecule has 0 radical (unpaired) electrons. The summed E-state index contributed by atoms with van der Waals surface area (Å²) in [5, 5.41) is 0. The number of ether oxygens (including phenoxy) is 1. The molecule has 2 aliphatic carbocycles. The molecule has 2 fully saturated rings. The van der Waals surface area contributed by atoms with Gasteiger partial charge in [0.25, 0.3) is 5.91 Å². The number of sulfonamides is 1. The molecular weight excluding hydrogens is 370 g/mol. The van der Waals surface area contributed by atoms with Crippen LogP contribution < -0.4 is 20.3 Å². The highest BCUT2D eigenvalue weighted by molar-refractivity contribution is 7.89. The van der Waals surface area contributed by atoms with Crippen molar-refractivity contribution in [2.24, 2.45) is 5.92 Å². The Hall–Kier alpha value is -2.13. The molecule has 2 amide bonds. The van der Waals surface area contributed by atoms with Crippen molar-refractivity contribution in [2.45, 2.75) is 55.9 Å². The molecular formula is C18H25N3O5S. The number of nitrogens with one attached hydrogen (secondary N) is 3. The first-order valence-electron chi connectivity index (χ1n) is 9.21. The van der Waals surface area contributed by atoms with Gasteiger partial charge in [-0.1, -0.05) is 19.3 Å². The van der Waals surface area contributed by atoms with E-state index in [0.717, 1.165) is 44.9 Å². The van der Waals surface area contributed by atoms with Crippen LogP contribution in [0.4, 0.5) is 0 Å². The van der Waals surface area contributed by atoms with Crippen LogP contribution in [0.5, 0.6) is 5.75 Å². The normalized spacial score (nSPS) is 18.0. The summed E-state index contributed by atoms with van der Waals surface area (Å²) >= 11 is 0. The maximum Gasteiger partial charge on any atom is 0.269 e. The van der Waals surface area contributed by atoms with Crippen molar-refractivity contribution in [3.05, 3.63) is 23.8 Å². The van der Waals surface area contributed by atoms with Crippen LogP contribution in [0, 0.1) is 5.92 Å². The average Bonchev–Trinajstić information content (AvgIpc) is 3.49. The van der Waals surface area contributed by atoms with E-state index < -0.39 is 15.9 Å². The predicted octanol–water partition coefficient (Wildman–Crippen LogP) is 1.48. The SMILES string of the molecule is COc1ccc(C(=O)NNC(=O)C2CCCCC2)cc1S(=O)(=O)NC1CC1. The molecule has 3 rings (SSSR count). The molecule has 2 saturated carbocycles. The van der Waals surface area contributed by atoms with Crippen molar-refractivity contribution in [1.82, 2.24) is 15.6 Å². The molecule has 0 aliphatic heterocycles. The molecule has 1 aromatic carbocycles. The molecule has 0 aromatic heterocycles. The first-order valence-corrected chi connectivity index (χ1v) is 10.7. The van der Waals surface area contributed by atoms with E-state index in [1.54, 1.807) is 0 Å². The largest absolute Gasteiger partial charge is 0.495 e. The van der Waals surface area contributed by atoms with Gasteiger partial charge in [-0.15, -0.1) is 0 Å². The van der Waals surface area contributed by atoms with Crippen LogP contribution in [-0.2, 0) is 14.8 Å². The molecule has 2 aliphatic rings. The number of hydrogen-bond donors (Lipinski definition) is 3. The highest BCUT2D eigenvalue weighted by atomic mass is 32.2. The molecule has 27 heavy (non-hydrogen) atoms. The van der Waals surface area contributed by atoms with Gasteiger partial charge in [-0.25, -0.2) is 13.1 Å². The Morgan fingerprint density at radius 1 is 1.04 bits per heavy atom. The average molecular weight is 395 g/mol. The van der Waals surface area contributed by atoms with Crippen LogP contribution in [0.2, 0.25) is 0 Å². The van der Waals surface area contributed by atoms with Gasteiger partial charge in [-0.3, -0.25) is 20.4 Å². The maximum atomic E-state index is 12.5. The van der Waals surface area contributed by atoms with Crippen LogP contribution in [0.1, 0.15) is 55.3 Å². The molecule has 1 aromatic rings. The summed E-state index contributed by atoms with van der Waals surface area (Å²) in [4.78, 5) is 24.4. The third-order valence-electron chi connectivity index (χ3n) is 4.89. The first kappa shape index (κ1) is 19.6. The van der Waals surface area contributed by atoms with E-state index in [9.17, 15) is 18.0 Å². The topological polar surface area (TPSA) is 114 Å². The second-order valence-corrected chi connectivity index (χ2v) is 8.72. The Balaban J connectivity index is 1.69. The van der Waals surface area contributed by atoms with E-state index >= 15 is 0 Å². The number of hydrogen-bond acceptors (Lipinski definition) is 5. The van der Waals surface area contributed by atoms with Crippen LogP contribution in [0.15, 0.2) is 23.1 Å². The van der Waals surface area contributed by atoms with Gasteiger partial charge in [0.2, 0.25) is 15.9 Å². The highest BCUT2D eigenvalue weighted by Gasteiger charge is 2.30. The molecule has 0 heterocycles. The van der Waals surface area contributed by atoms with E-state index in [1.807, 2.05) is 0 Å². The van der Waals surface area contributed by atoms with Crippen molar-refractivity contribution < 1.29 is 22.7 Å². The van der Waals surface area contributed by atoms with E-state index in [-0.39, 0.29) is 34.1 Å². The van der Waals surface area contributed by atoms with Crippen LogP contribution in [0.25, 0.3) is 0 Å². The van der Waals surface area contributed by atoms with Crippen LogP contribution >= 0.6 is 0 Å². The van der Waals surface area contributed by atoms with Gasteiger partial charge in [0.1, 0.15) is 10.6 Å². The van der Waals surface area contributed by atoms with Crippen molar-refractivity contribution in [1.29, 1.82) is 0 Å². The number of carbonyl (C=O) groups excluding carboxylic acids is 2. The molecule has 148 valence electrons. The molecule has 0 spiro atoms. The van der Waals surface area contributed by atoms with Crippen molar-refractivity contribution in [2.75, 3.05) is 7.11 Å². The summed E-state index contributed by atoms with van der Waals surface area (Å²) in [5.74, 6) is -0.718. The van der Waals surface area contributed by atoms with Crippen molar-refractivity contribution in [3.8, 4) is 5.75 Å². The Morgan fingerprint density at radius 2 is 1.74 bits per heavy atom. The zero-order valence-corrected chi connectivity index (χ0v) is 16.1. The number of rotatable bonds is 6. The maximum absolute atomic E-state index is 12.5. The van der Waals surface area contributed by atoms with Gasteiger partial charge in [0.05, 0.1) is 7.11 Å². The quantitative estimate of drug-likeness (QED) is 0.632. The minimum absolute atomic E-state index is 0.0630. The van der Waals surface area contributed by atoms with Gasteiger partial charge >= 0.3 is 0 Å².